The zero-order valence-corrected chi connectivity index (χ0v) is 20.9. The smallest absolute Gasteiger partial charge is 0.254 e. The number of aliphatic hydroxyl groups is 1. The predicted octanol–water partition coefficient (Wildman–Crippen LogP) is 3.19. The minimum absolute atomic E-state index is 0.111. The van der Waals surface area contributed by atoms with Crippen LogP contribution in [0.1, 0.15) is 40.4 Å². The number of hydrogen-bond donors (Lipinski definition) is 3. The number of rotatable bonds is 8. The van der Waals surface area contributed by atoms with Crippen LogP contribution >= 0.6 is 11.6 Å². The summed E-state index contributed by atoms with van der Waals surface area (Å²) in [5, 5.41) is 16.3. The third-order valence-electron chi connectivity index (χ3n) is 6.61. The number of halogens is 1. The SMILES string of the molecule is O=C(CN1Cc2ccc(-c3nc(NC4CCOCC4)ncc3Cl)cc2C1=O)NC(CO)c1ccccc1. The molecule has 3 aromatic rings. The van der Waals surface area contributed by atoms with Crippen molar-refractivity contribution in [1.29, 1.82) is 0 Å². The molecule has 0 spiro atoms. The van der Waals surface area contributed by atoms with Crippen LogP contribution in [0.5, 0.6) is 0 Å². The van der Waals surface area contributed by atoms with Crippen molar-refractivity contribution in [2.75, 3.05) is 31.7 Å². The molecule has 2 amide bonds. The minimum Gasteiger partial charge on any atom is -0.394 e. The number of fused-ring (bicyclic) bond motifs is 1. The molecule has 3 heterocycles. The molecule has 1 aromatic heterocycles. The predicted molar refractivity (Wildman–Crippen MR) is 139 cm³/mol. The zero-order valence-electron chi connectivity index (χ0n) is 20.2. The molecule has 2 aromatic carbocycles. The van der Waals surface area contributed by atoms with Crippen molar-refractivity contribution in [2.45, 2.75) is 31.5 Å². The van der Waals surface area contributed by atoms with Crippen molar-refractivity contribution >= 4 is 29.4 Å². The number of amides is 2. The van der Waals surface area contributed by atoms with Crippen molar-refractivity contribution in [3.05, 3.63) is 76.4 Å². The van der Waals surface area contributed by atoms with E-state index in [2.05, 4.69) is 20.6 Å². The Kier molecular flexibility index (Phi) is 7.64. The Morgan fingerprint density at radius 3 is 2.73 bits per heavy atom. The van der Waals surface area contributed by atoms with E-state index >= 15 is 0 Å². The summed E-state index contributed by atoms with van der Waals surface area (Å²) < 4.78 is 5.41. The molecule has 5 rings (SSSR count). The number of anilines is 1. The maximum Gasteiger partial charge on any atom is 0.254 e. The van der Waals surface area contributed by atoms with Gasteiger partial charge in [0, 0.05) is 36.9 Å². The molecule has 10 heteroatoms. The van der Waals surface area contributed by atoms with E-state index in [9.17, 15) is 14.7 Å². The molecule has 1 atom stereocenters. The third-order valence-corrected chi connectivity index (χ3v) is 6.89. The highest BCUT2D eigenvalue weighted by atomic mass is 35.5. The lowest BCUT2D eigenvalue weighted by Gasteiger charge is -2.23. The van der Waals surface area contributed by atoms with Crippen molar-refractivity contribution in [3.63, 3.8) is 0 Å². The van der Waals surface area contributed by atoms with Gasteiger partial charge in [0.15, 0.2) is 0 Å². The van der Waals surface area contributed by atoms with Crippen LogP contribution in [-0.4, -0.2) is 64.2 Å². The van der Waals surface area contributed by atoms with Gasteiger partial charge in [-0.2, -0.15) is 0 Å². The molecule has 3 N–H and O–H groups in total. The Morgan fingerprint density at radius 2 is 1.97 bits per heavy atom. The van der Waals surface area contributed by atoms with Crippen LogP contribution in [0.4, 0.5) is 5.95 Å². The van der Waals surface area contributed by atoms with E-state index in [1.165, 1.54) is 4.90 Å². The monoisotopic (exact) mass is 521 g/mol. The van der Waals surface area contributed by atoms with Crippen molar-refractivity contribution in [2.24, 2.45) is 0 Å². The Hall–Kier alpha value is -3.53. The molecule has 0 saturated carbocycles. The van der Waals surface area contributed by atoms with Gasteiger partial charge >= 0.3 is 0 Å². The summed E-state index contributed by atoms with van der Waals surface area (Å²) in [6.07, 6.45) is 3.31. The zero-order chi connectivity index (χ0) is 25.8. The first-order valence-electron chi connectivity index (χ1n) is 12.3. The van der Waals surface area contributed by atoms with E-state index in [0.29, 0.717) is 47.6 Å². The molecule has 1 fully saturated rings. The van der Waals surface area contributed by atoms with Crippen LogP contribution in [0.15, 0.2) is 54.7 Å². The Morgan fingerprint density at radius 1 is 1.19 bits per heavy atom. The highest BCUT2D eigenvalue weighted by molar-refractivity contribution is 6.33. The first-order chi connectivity index (χ1) is 18.0. The molecule has 1 saturated heterocycles. The van der Waals surface area contributed by atoms with E-state index in [0.717, 1.165) is 24.0 Å². The second kappa shape index (κ2) is 11.2. The molecule has 0 aliphatic carbocycles. The molecule has 192 valence electrons. The average Bonchev–Trinajstić information content (AvgIpc) is 3.23. The van der Waals surface area contributed by atoms with Gasteiger partial charge in [0.1, 0.15) is 6.54 Å². The molecule has 2 aliphatic rings. The molecule has 2 aliphatic heterocycles. The quantitative estimate of drug-likeness (QED) is 0.417. The van der Waals surface area contributed by atoms with Crippen LogP contribution < -0.4 is 10.6 Å². The van der Waals surface area contributed by atoms with E-state index in [1.807, 2.05) is 42.5 Å². The second-order valence-corrected chi connectivity index (χ2v) is 9.57. The fourth-order valence-electron chi connectivity index (χ4n) is 4.63. The van der Waals surface area contributed by atoms with Crippen LogP contribution in [-0.2, 0) is 16.1 Å². The highest BCUT2D eigenvalue weighted by Gasteiger charge is 2.30. The molecule has 0 bridgehead atoms. The molecule has 9 nitrogen and oxygen atoms in total. The largest absolute Gasteiger partial charge is 0.394 e. The van der Waals surface area contributed by atoms with Gasteiger partial charge in [-0.15, -0.1) is 0 Å². The first-order valence-corrected chi connectivity index (χ1v) is 12.6. The van der Waals surface area contributed by atoms with Crippen molar-refractivity contribution in [1.82, 2.24) is 20.2 Å². The topological polar surface area (TPSA) is 117 Å². The van der Waals surface area contributed by atoms with Gasteiger partial charge in [0.05, 0.1) is 29.6 Å². The fraction of sp³-hybridized carbons (Fsp3) is 0.333. The van der Waals surface area contributed by atoms with Crippen molar-refractivity contribution in [3.8, 4) is 11.3 Å². The maximum atomic E-state index is 13.2. The van der Waals surface area contributed by atoms with Gasteiger partial charge in [-0.05, 0) is 30.0 Å². The molecule has 1 unspecified atom stereocenters. The number of hydrogen-bond acceptors (Lipinski definition) is 7. The van der Waals surface area contributed by atoms with E-state index in [1.54, 1.807) is 12.3 Å². The number of aliphatic hydroxyl groups excluding tert-OH is 1. The average molecular weight is 522 g/mol. The minimum atomic E-state index is -0.538. The first kappa shape index (κ1) is 25.1. The summed E-state index contributed by atoms with van der Waals surface area (Å²) in [7, 11) is 0. The van der Waals surface area contributed by atoms with Gasteiger partial charge in [0.25, 0.3) is 5.91 Å². The van der Waals surface area contributed by atoms with Gasteiger partial charge < -0.3 is 25.4 Å². The van der Waals surface area contributed by atoms with Gasteiger partial charge in [0.2, 0.25) is 11.9 Å². The van der Waals surface area contributed by atoms with Gasteiger partial charge in [-0.25, -0.2) is 9.97 Å². The van der Waals surface area contributed by atoms with Gasteiger partial charge in [-0.1, -0.05) is 54.1 Å². The van der Waals surface area contributed by atoms with Crippen molar-refractivity contribution < 1.29 is 19.4 Å². The molecule has 37 heavy (non-hydrogen) atoms. The number of ether oxygens (including phenoxy) is 1. The number of nitrogens with one attached hydrogen (secondary N) is 2. The summed E-state index contributed by atoms with van der Waals surface area (Å²) in [5.41, 5.74) is 3.37. The third kappa shape index (κ3) is 5.74. The lowest BCUT2D eigenvalue weighted by molar-refractivity contribution is -0.122. The lowest BCUT2D eigenvalue weighted by atomic mass is 10.0. The summed E-state index contributed by atoms with van der Waals surface area (Å²) in [6, 6.07) is 14.4. The van der Waals surface area contributed by atoms with Crippen LogP contribution in [0, 0.1) is 0 Å². The lowest BCUT2D eigenvalue weighted by Crippen LogP contribution is -2.40. The summed E-state index contributed by atoms with van der Waals surface area (Å²) in [4.78, 5) is 36.3. The van der Waals surface area contributed by atoms with Crippen LogP contribution in [0.25, 0.3) is 11.3 Å². The number of aromatic nitrogens is 2. The van der Waals surface area contributed by atoms with Crippen LogP contribution in [0.3, 0.4) is 0 Å². The molecular formula is C27H28ClN5O4. The number of carbonyl (C=O) groups excluding carboxylic acids is 2. The van der Waals surface area contributed by atoms with E-state index < -0.39 is 6.04 Å². The standard InChI is InChI=1S/C27H28ClN5O4/c28-22-13-29-27(30-20-8-10-37-11-9-20)32-25(22)18-6-7-19-14-33(26(36)21(19)12-18)15-24(35)31-23(16-34)17-4-2-1-3-5-17/h1-7,12-13,20,23,34H,8-11,14-16H2,(H,31,35)(H,29,30,32). The Labute approximate surface area is 219 Å². The Balaban J connectivity index is 1.28. The summed E-state index contributed by atoms with van der Waals surface area (Å²) in [6.45, 7) is 1.38. The number of nitrogens with zero attached hydrogens (tertiary/aromatic N) is 3. The highest BCUT2D eigenvalue weighted by Crippen LogP contribution is 2.31. The number of benzene rings is 2. The van der Waals surface area contributed by atoms with Gasteiger partial charge in [-0.3, -0.25) is 9.59 Å². The Bertz CT molecular complexity index is 1280. The normalized spacial score (nSPS) is 16.4. The fourth-order valence-corrected chi connectivity index (χ4v) is 4.83. The van der Waals surface area contributed by atoms with Crippen LogP contribution in [0.2, 0.25) is 5.02 Å². The maximum absolute atomic E-state index is 13.2. The molecular weight excluding hydrogens is 494 g/mol. The van der Waals surface area contributed by atoms with E-state index in [4.69, 9.17) is 16.3 Å². The second-order valence-electron chi connectivity index (χ2n) is 9.17. The van der Waals surface area contributed by atoms with E-state index in [-0.39, 0.29) is 31.0 Å². The summed E-state index contributed by atoms with van der Waals surface area (Å²) in [5.74, 6) is -0.0989. The summed E-state index contributed by atoms with van der Waals surface area (Å²) >= 11 is 6.43. The number of carbonyl (C=O) groups is 2. The molecule has 0 radical (unpaired) electrons.